The van der Waals surface area contributed by atoms with E-state index in [2.05, 4.69) is 44.5 Å². The summed E-state index contributed by atoms with van der Waals surface area (Å²) in [4.78, 5) is 18.3. The molecule has 0 aliphatic carbocycles. The van der Waals surface area contributed by atoms with E-state index in [4.69, 9.17) is 4.74 Å². The number of aromatic amines is 1. The van der Waals surface area contributed by atoms with Crippen LogP contribution in [0.4, 0.5) is 4.39 Å². The monoisotopic (exact) mass is 526 g/mol. The molecule has 1 atom stereocenters. The predicted molar refractivity (Wildman–Crippen MR) is 148 cm³/mol. The average Bonchev–Trinajstić information content (AvgIpc) is 3.42. The Kier molecular flexibility index (Phi) is 8.07. The molecule has 0 aliphatic heterocycles. The minimum Gasteiger partial charge on any atom is -0.497 e. The van der Waals surface area contributed by atoms with E-state index < -0.39 is 0 Å². The van der Waals surface area contributed by atoms with Crippen molar-refractivity contribution in [3.8, 4) is 5.75 Å². The van der Waals surface area contributed by atoms with Gasteiger partial charge in [-0.2, -0.15) is 0 Å². The molecule has 0 bridgehead atoms. The lowest BCUT2D eigenvalue weighted by molar-refractivity contribution is 0.160. The topological polar surface area (TPSA) is 88.9 Å². The highest BCUT2D eigenvalue weighted by atomic mass is 19.1. The zero-order chi connectivity index (χ0) is 27.2. The van der Waals surface area contributed by atoms with Crippen molar-refractivity contribution >= 4 is 10.9 Å². The normalized spacial score (nSPS) is 12.2. The number of halogens is 1. The lowest BCUT2D eigenvalue weighted by Gasteiger charge is -2.30. The van der Waals surface area contributed by atoms with Gasteiger partial charge in [0.2, 0.25) is 0 Å². The number of rotatable bonds is 11. The number of hydrogen-bond acceptors (Lipinski definition) is 6. The van der Waals surface area contributed by atoms with E-state index >= 15 is 0 Å². The van der Waals surface area contributed by atoms with E-state index in [1.807, 2.05) is 47.1 Å². The van der Waals surface area contributed by atoms with Crippen molar-refractivity contribution in [1.82, 2.24) is 30.1 Å². The molecular formula is C30H31FN6O2. The number of hydrogen-bond donors (Lipinski definition) is 1. The lowest BCUT2D eigenvalue weighted by Crippen LogP contribution is -2.32. The molecule has 0 amide bonds. The molecule has 0 saturated heterocycles. The molecule has 2 aromatic heterocycles. The van der Waals surface area contributed by atoms with Gasteiger partial charge in [-0.3, -0.25) is 9.69 Å². The summed E-state index contributed by atoms with van der Waals surface area (Å²) in [6, 6.07) is 23.9. The summed E-state index contributed by atoms with van der Waals surface area (Å²) in [6.07, 6.45) is 1.51. The molecule has 0 unspecified atom stereocenters. The van der Waals surface area contributed by atoms with Crippen LogP contribution in [0.2, 0.25) is 0 Å². The predicted octanol–water partition coefficient (Wildman–Crippen LogP) is 5.06. The number of tetrazole rings is 1. The smallest absolute Gasteiger partial charge is 0.252 e. The second-order valence-electron chi connectivity index (χ2n) is 9.53. The summed E-state index contributed by atoms with van der Waals surface area (Å²) in [5.74, 6) is 1.16. The molecule has 5 rings (SSSR count). The number of nitrogens with zero attached hydrogens (tertiary/aromatic N) is 5. The summed E-state index contributed by atoms with van der Waals surface area (Å²) in [5.41, 5.74) is 3.33. The summed E-state index contributed by atoms with van der Waals surface area (Å²) in [5, 5.41) is 13.6. The van der Waals surface area contributed by atoms with Gasteiger partial charge >= 0.3 is 0 Å². The van der Waals surface area contributed by atoms with Gasteiger partial charge in [-0.25, -0.2) is 9.07 Å². The van der Waals surface area contributed by atoms with Crippen molar-refractivity contribution in [2.45, 2.75) is 45.4 Å². The third-order valence-electron chi connectivity index (χ3n) is 6.94. The molecule has 1 N–H and O–H groups in total. The number of methoxy groups -OCH3 is 1. The Balaban J connectivity index is 1.48. The largest absolute Gasteiger partial charge is 0.497 e. The Morgan fingerprint density at radius 2 is 1.79 bits per heavy atom. The fraction of sp³-hybridized carbons (Fsp3) is 0.267. The second-order valence-corrected chi connectivity index (χ2v) is 9.53. The number of nitrogens with one attached hydrogen (secondary N) is 1. The van der Waals surface area contributed by atoms with Crippen LogP contribution in [-0.2, 0) is 26.1 Å². The molecule has 0 aliphatic rings. The van der Waals surface area contributed by atoms with E-state index in [1.165, 1.54) is 17.7 Å². The van der Waals surface area contributed by atoms with Crippen LogP contribution in [0.1, 0.15) is 41.9 Å². The van der Waals surface area contributed by atoms with Gasteiger partial charge in [0.25, 0.3) is 5.56 Å². The Morgan fingerprint density at radius 3 is 2.54 bits per heavy atom. The van der Waals surface area contributed by atoms with Crippen molar-refractivity contribution in [3.05, 3.63) is 118 Å². The van der Waals surface area contributed by atoms with Crippen molar-refractivity contribution in [1.29, 1.82) is 0 Å². The van der Waals surface area contributed by atoms with Gasteiger partial charge in [0.05, 0.1) is 13.2 Å². The maximum absolute atomic E-state index is 13.7. The third kappa shape index (κ3) is 6.21. The Labute approximate surface area is 226 Å². The zero-order valence-corrected chi connectivity index (χ0v) is 22.0. The number of pyridine rings is 1. The van der Waals surface area contributed by atoms with E-state index in [0.717, 1.165) is 28.7 Å². The first-order valence-electron chi connectivity index (χ1n) is 13.0. The minimum absolute atomic E-state index is 0.157. The molecule has 39 heavy (non-hydrogen) atoms. The standard InChI is InChI=1S/C30H31FN6O2/c1-3-28(29-33-34-35-37(29)16-15-21-7-5-4-6-8-21)36(19-22-9-11-25(31)12-10-22)20-24-17-23-18-26(39-2)13-14-27(23)32-30(24)38/h4-14,17-18,28H,3,15-16,19-20H2,1-2H3,(H,32,38)/t28-/m1/s1. The Hall–Kier alpha value is -4.37. The van der Waals surface area contributed by atoms with E-state index in [1.54, 1.807) is 19.2 Å². The van der Waals surface area contributed by atoms with Crippen molar-refractivity contribution < 1.29 is 9.13 Å². The highest BCUT2D eigenvalue weighted by Crippen LogP contribution is 2.27. The van der Waals surface area contributed by atoms with E-state index in [9.17, 15) is 9.18 Å². The van der Waals surface area contributed by atoms with Crippen LogP contribution >= 0.6 is 0 Å². The maximum atomic E-state index is 13.7. The molecule has 5 aromatic rings. The van der Waals surface area contributed by atoms with Crippen molar-refractivity contribution in [2.75, 3.05) is 7.11 Å². The van der Waals surface area contributed by atoms with Gasteiger partial charge in [-0.15, -0.1) is 5.10 Å². The van der Waals surface area contributed by atoms with Crippen LogP contribution in [0.3, 0.4) is 0 Å². The summed E-state index contributed by atoms with van der Waals surface area (Å²) >= 11 is 0. The molecule has 2 heterocycles. The third-order valence-corrected chi connectivity index (χ3v) is 6.94. The summed E-state index contributed by atoms with van der Waals surface area (Å²) in [7, 11) is 1.62. The van der Waals surface area contributed by atoms with Gasteiger partial charge in [-0.1, -0.05) is 49.4 Å². The number of ether oxygens (including phenoxy) is 1. The number of benzene rings is 3. The van der Waals surface area contributed by atoms with Gasteiger partial charge in [0.15, 0.2) is 5.82 Å². The van der Waals surface area contributed by atoms with Gasteiger partial charge < -0.3 is 9.72 Å². The maximum Gasteiger partial charge on any atom is 0.252 e. The molecular weight excluding hydrogens is 495 g/mol. The van der Waals surface area contributed by atoms with E-state index in [0.29, 0.717) is 37.4 Å². The Bertz CT molecular complexity index is 1580. The van der Waals surface area contributed by atoms with Crippen LogP contribution < -0.4 is 10.3 Å². The van der Waals surface area contributed by atoms with Gasteiger partial charge in [-0.05, 0) is 70.8 Å². The molecule has 0 spiro atoms. The first-order valence-corrected chi connectivity index (χ1v) is 13.0. The highest BCUT2D eigenvalue weighted by Gasteiger charge is 2.26. The molecule has 3 aromatic carbocycles. The van der Waals surface area contributed by atoms with Crippen molar-refractivity contribution in [3.63, 3.8) is 0 Å². The van der Waals surface area contributed by atoms with E-state index in [-0.39, 0.29) is 17.4 Å². The fourth-order valence-corrected chi connectivity index (χ4v) is 4.89. The SMILES string of the molecule is CC[C@H](c1nnnn1CCc1ccccc1)N(Cc1ccc(F)cc1)Cc1cc2cc(OC)ccc2[nH]c1=O. The fourth-order valence-electron chi connectivity index (χ4n) is 4.89. The van der Waals surface area contributed by atoms with Crippen LogP contribution in [0.5, 0.6) is 5.75 Å². The zero-order valence-electron chi connectivity index (χ0n) is 22.0. The number of fused-ring (bicyclic) bond motifs is 1. The molecule has 0 saturated carbocycles. The molecule has 9 heteroatoms. The highest BCUT2D eigenvalue weighted by molar-refractivity contribution is 5.80. The first kappa shape index (κ1) is 26.2. The van der Waals surface area contributed by atoms with Crippen LogP contribution in [0.15, 0.2) is 83.7 Å². The van der Waals surface area contributed by atoms with Gasteiger partial charge in [0, 0.05) is 36.1 Å². The van der Waals surface area contributed by atoms with Crippen LogP contribution in [-0.4, -0.2) is 37.2 Å². The lowest BCUT2D eigenvalue weighted by atomic mass is 10.1. The molecule has 200 valence electrons. The molecule has 0 fully saturated rings. The Morgan fingerprint density at radius 1 is 1.00 bits per heavy atom. The average molecular weight is 527 g/mol. The number of aromatic nitrogens is 5. The molecule has 8 nitrogen and oxygen atoms in total. The first-order chi connectivity index (χ1) is 19.0. The number of H-pyrrole nitrogens is 1. The minimum atomic E-state index is -0.290. The van der Waals surface area contributed by atoms with Gasteiger partial charge in [0.1, 0.15) is 11.6 Å². The van der Waals surface area contributed by atoms with Crippen LogP contribution in [0.25, 0.3) is 10.9 Å². The summed E-state index contributed by atoms with van der Waals surface area (Å²) in [6.45, 7) is 3.54. The quantitative estimate of drug-likeness (QED) is 0.259. The second kappa shape index (κ2) is 12.0. The van der Waals surface area contributed by atoms with Crippen molar-refractivity contribution in [2.24, 2.45) is 0 Å². The van der Waals surface area contributed by atoms with Crippen LogP contribution in [0, 0.1) is 5.82 Å². The molecule has 0 radical (unpaired) electrons. The number of aryl methyl sites for hydroxylation is 2. The summed E-state index contributed by atoms with van der Waals surface area (Å²) < 4.78 is 20.9.